The number of anilines is 1. The van der Waals surface area contributed by atoms with Gasteiger partial charge in [0.05, 0.1) is 0 Å². The number of rotatable bonds is 2. The lowest BCUT2D eigenvalue weighted by Crippen LogP contribution is -2.14. The third-order valence-electron chi connectivity index (χ3n) is 2.85. The van der Waals surface area contributed by atoms with Gasteiger partial charge in [-0.2, -0.15) is 0 Å². The van der Waals surface area contributed by atoms with Crippen LogP contribution in [0.4, 0.5) is 5.69 Å². The summed E-state index contributed by atoms with van der Waals surface area (Å²) < 4.78 is 0. The SMILES string of the molecule is CN(C)c1cccc(C2CCCN2)c1. The Labute approximate surface area is 85.9 Å². The molecule has 0 aromatic heterocycles. The van der Waals surface area contributed by atoms with Gasteiger partial charge in [-0.25, -0.2) is 0 Å². The summed E-state index contributed by atoms with van der Waals surface area (Å²) in [6.07, 6.45) is 2.58. The van der Waals surface area contributed by atoms with Crippen molar-refractivity contribution in [2.24, 2.45) is 0 Å². The molecule has 0 bridgehead atoms. The zero-order valence-electron chi connectivity index (χ0n) is 8.96. The van der Waals surface area contributed by atoms with Crippen LogP contribution in [0.1, 0.15) is 24.4 Å². The second-order valence-electron chi connectivity index (χ2n) is 4.14. The predicted octanol–water partition coefficient (Wildman–Crippen LogP) is 2.18. The zero-order valence-corrected chi connectivity index (χ0v) is 8.96. The Bertz CT molecular complexity index is 301. The molecule has 0 aliphatic carbocycles. The van der Waals surface area contributed by atoms with E-state index >= 15 is 0 Å². The highest BCUT2D eigenvalue weighted by Gasteiger charge is 2.15. The van der Waals surface area contributed by atoms with Gasteiger partial charge in [0.25, 0.3) is 0 Å². The standard InChI is InChI=1S/C12H18N2/c1-14(2)11-6-3-5-10(9-11)12-7-4-8-13-12/h3,5-6,9,12-13H,4,7-8H2,1-2H3. The van der Waals surface area contributed by atoms with Crippen LogP contribution in [0.3, 0.4) is 0 Å². The molecule has 2 rings (SSSR count). The van der Waals surface area contributed by atoms with E-state index in [-0.39, 0.29) is 0 Å². The molecular weight excluding hydrogens is 172 g/mol. The van der Waals surface area contributed by atoms with Gasteiger partial charge in [-0.3, -0.25) is 0 Å². The Kier molecular flexibility index (Phi) is 2.73. The molecule has 1 atom stereocenters. The molecule has 1 aromatic rings. The van der Waals surface area contributed by atoms with E-state index < -0.39 is 0 Å². The van der Waals surface area contributed by atoms with Crippen molar-refractivity contribution in [2.75, 3.05) is 25.5 Å². The summed E-state index contributed by atoms with van der Waals surface area (Å²) in [6, 6.07) is 9.37. The molecule has 1 aromatic carbocycles. The average molecular weight is 190 g/mol. The maximum atomic E-state index is 3.52. The molecule has 14 heavy (non-hydrogen) atoms. The lowest BCUT2D eigenvalue weighted by molar-refractivity contribution is 0.648. The largest absolute Gasteiger partial charge is 0.378 e. The van der Waals surface area contributed by atoms with Crippen molar-refractivity contribution < 1.29 is 0 Å². The van der Waals surface area contributed by atoms with Gasteiger partial charge in [0, 0.05) is 25.8 Å². The molecular formula is C12H18N2. The Morgan fingerprint density at radius 2 is 2.21 bits per heavy atom. The summed E-state index contributed by atoms with van der Waals surface area (Å²) in [5.74, 6) is 0. The van der Waals surface area contributed by atoms with Gasteiger partial charge in [0.15, 0.2) is 0 Å². The topological polar surface area (TPSA) is 15.3 Å². The second-order valence-corrected chi connectivity index (χ2v) is 4.14. The fourth-order valence-corrected chi connectivity index (χ4v) is 1.99. The van der Waals surface area contributed by atoms with E-state index in [1.165, 1.54) is 24.1 Å². The fraction of sp³-hybridized carbons (Fsp3) is 0.500. The van der Waals surface area contributed by atoms with E-state index in [9.17, 15) is 0 Å². The van der Waals surface area contributed by atoms with Gasteiger partial charge in [0.1, 0.15) is 0 Å². The van der Waals surface area contributed by atoms with Crippen LogP contribution in [0, 0.1) is 0 Å². The minimum absolute atomic E-state index is 0.579. The molecule has 1 unspecified atom stereocenters. The monoisotopic (exact) mass is 190 g/mol. The first kappa shape index (κ1) is 9.53. The molecule has 1 N–H and O–H groups in total. The van der Waals surface area contributed by atoms with Gasteiger partial charge >= 0.3 is 0 Å². The molecule has 0 spiro atoms. The molecule has 0 saturated carbocycles. The summed E-state index contributed by atoms with van der Waals surface area (Å²) in [5.41, 5.74) is 2.71. The first-order chi connectivity index (χ1) is 6.77. The van der Waals surface area contributed by atoms with Gasteiger partial charge < -0.3 is 10.2 Å². The normalized spacial score (nSPS) is 21.1. The van der Waals surface area contributed by atoms with Crippen molar-refractivity contribution in [2.45, 2.75) is 18.9 Å². The Balaban J connectivity index is 2.21. The highest BCUT2D eigenvalue weighted by molar-refractivity contribution is 5.47. The van der Waals surface area contributed by atoms with Crippen LogP contribution in [0.5, 0.6) is 0 Å². The van der Waals surface area contributed by atoms with Crippen LogP contribution in [0.2, 0.25) is 0 Å². The molecule has 0 amide bonds. The maximum Gasteiger partial charge on any atom is 0.0364 e. The lowest BCUT2D eigenvalue weighted by Gasteiger charge is -2.16. The summed E-state index contributed by atoms with van der Waals surface area (Å²) in [7, 11) is 4.17. The van der Waals surface area contributed by atoms with Crippen LogP contribution in [0.25, 0.3) is 0 Å². The van der Waals surface area contributed by atoms with Crippen LogP contribution in [-0.4, -0.2) is 20.6 Å². The van der Waals surface area contributed by atoms with Crippen LogP contribution < -0.4 is 10.2 Å². The van der Waals surface area contributed by atoms with Gasteiger partial charge in [0.2, 0.25) is 0 Å². The Morgan fingerprint density at radius 3 is 2.86 bits per heavy atom. The minimum atomic E-state index is 0.579. The van der Waals surface area contributed by atoms with E-state index in [0.717, 1.165) is 6.54 Å². The van der Waals surface area contributed by atoms with Gasteiger partial charge in [-0.1, -0.05) is 12.1 Å². The average Bonchev–Trinajstić information content (AvgIpc) is 2.71. The number of hydrogen-bond acceptors (Lipinski definition) is 2. The predicted molar refractivity (Wildman–Crippen MR) is 60.7 cm³/mol. The molecule has 0 radical (unpaired) electrons. The molecule has 1 saturated heterocycles. The fourth-order valence-electron chi connectivity index (χ4n) is 1.99. The molecule has 1 aliphatic rings. The summed E-state index contributed by atoms with van der Waals surface area (Å²) >= 11 is 0. The quantitative estimate of drug-likeness (QED) is 0.769. The molecule has 2 heteroatoms. The third kappa shape index (κ3) is 1.90. The zero-order chi connectivity index (χ0) is 9.97. The Hall–Kier alpha value is -1.02. The highest BCUT2D eigenvalue weighted by Crippen LogP contribution is 2.25. The molecule has 1 aliphatic heterocycles. The van der Waals surface area contributed by atoms with Crippen molar-refractivity contribution in [3.63, 3.8) is 0 Å². The minimum Gasteiger partial charge on any atom is -0.378 e. The van der Waals surface area contributed by atoms with E-state index in [4.69, 9.17) is 0 Å². The number of hydrogen-bond donors (Lipinski definition) is 1. The third-order valence-corrected chi connectivity index (χ3v) is 2.85. The Morgan fingerprint density at radius 1 is 1.36 bits per heavy atom. The molecule has 1 heterocycles. The van der Waals surface area contributed by atoms with Crippen molar-refractivity contribution in [3.05, 3.63) is 29.8 Å². The second kappa shape index (κ2) is 4.01. The summed E-state index contributed by atoms with van der Waals surface area (Å²) in [5, 5.41) is 3.52. The first-order valence-corrected chi connectivity index (χ1v) is 5.28. The molecule has 1 fully saturated rings. The molecule has 2 nitrogen and oxygen atoms in total. The van der Waals surface area contributed by atoms with Crippen LogP contribution in [0.15, 0.2) is 24.3 Å². The summed E-state index contributed by atoms with van der Waals surface area (Å²) in [6.45, 7) is 1.16. The first-order valence-electron chi connectivity index (χ1n) is 5.28. The number of nitrogens with zero attached hydrogens (tertiary/aromatic N) is 1. The molecule has 76 valence electrons. The van der Waals surface area contributed by atoms with Crippen molar-refractivity contribution >= 4 is 5.69 Å². The van der Waals surface area contributed by atoms with Gasteiger partial charge in [-0.05, 0) is 37.1 Å². The van der Waals surface area contributed by atoms with E-state index in [0.29, 0.717) is 6.04 Å². The summed E-state index contributed by atoms with van der Waals surface area (Å²) in [4.78, 5) is 2.15. The van der Waals surface area contributed by atoms with E-state index in [1.54, 1.807) is 0 Å². The van der Waals surface area contributed by atoms with Crippen LogP contribution in [-0.2, 0) is 0 Å². The van der Waals surface area contributed by atoms with Crippen molar-refractivity contribution in [1.29, 1.82) is 0 Å². The van der Waals surface area contributed by atoms with Crippen molar-refractivity contribution in [1.82, 2.24) is 5.32 Å². The lowest BCUT2D eigenvalue weighted by atomic mass is 10.0. The van der Waals surface area contributed by atoms with E-state index in [2.05, 4.69) is 48.6 Å². The highest BCUT2D eigenvalue weighted by atomic mass is 15.1. The van der Waals surface area contributed by atoms with Gasteiger partial charge in [-0.15, -0.1) is 0 Å². The van der Waals surface area contributed by atoms with Crippen LogP contribution >= 0.6 is 0 Å². The number of benzene rings is 1. The van der Waals surface area contributed by atoms with Crippen molar-refractivity contribution in [3.8, 4) is 0 Å². The van der Waals surface area contributed by atoms with E-state index in [1.807, 2.05) is 0 Å². The number of nitrogens with one attached hydrogen (secondary N) is 1. The maximum absolute atomic E-state index is 3.52. The smallest absolute Gasteiger partial charge is 0.0364 e.